The molecule has 2 unspecified atom stereocenters. The Morgan fingerprint density at radius 1 is 1.25 bits per heavy atom. The van der Waals surface area contributed by atoms with Crippen molar-refractivity contribution < 1.29 is 27.1 Å². The van der Waals surface area contributed by atoms with Gasteiger partial charge in [-0.25, -0.2) is 13.8 Å². The van der Waals surface area contributed by atoms with Crippen molar-refractivity contribution in [2.45, 2.75) is 37.5 Å². The fourth-order valence-electron chi connectivity index (χ4n) is 4.31. The van der Waals surface area contributed by atoms with Gasteiger partial charge < -0.3 is 20.2 Å². The Labute approximate surface area is 181 Å². The van der Waals surface area contributed by atoms with Crippen LogP contribution in [0.4, 0.5) is 22.0 Å². The number of aliphatic hydroxyl groups is 1. The van der Waals surface area contributed by atoms with Crippen LogP contribution in [0, 0.1) is 5.92 Å². The number of halogens is 5. The van der Waals surface area contributed by atoms with Gasteiger partial charge in [0.05, 0.1) is 18.8 Å². The minimum absolute atomic E-state index is 0.0705. The summed E-state index contributed by atoms with van der Waals surface area (Å²) >= 11 is 0. The molecule has 0 spiro atoms. The monoisotopic (exact) mass is 463 g/mol. The number of hydrogen-bond donors (Lipinski definition) is 3. The summed E-state index contributed by atoms with van der Waals surface area (Å²) < 4.78 is 68.3. The van der Waals surface area contributed by atoms with Gasteiger partial charge in [-0.3, -0.25) is 15.6 Å². The van der Waals surface area contributed by atoms with E-state index in [1.54, 1.807) is 11.9 Å². The molecule has 32 heavy (non-hydrogen) atoms. The molecule has 0 aromatic heterocycles. The third kappa shape index (κ3) is 4.46. The Balaban J connectivity index is 1.70. The largest absolute Gasteiger partial charge is 0.431 e. The van der Waals surface area contributed by atoms with Crippen molar-refractivity contribution in [1.29, 1.82) is 0 Å². The van der Waals surface area contributed by atoms with Crippen LogP contribution in [-0.2, 0) is 0 Å². The third-order valence-corrected chi connectivity index (χ3v) is 6.13. The maximum atomic E-state index is 13.8. The Morgan fingerprint density at radius 3 is 2.47 bits per heavy atom. The molecule has 4 N–H and O–H groups in total. The number of hydrogen-bond acceptors (Lipinski definition) is 8. The molecule has 2 atom stereocenters. The summed E-state index contributed by atoms with van der Waals surface area (Å²) in [6.07, 6.45) is -2.76. The second-order valence-electron chi connectivity index (χ2n) is 8.50. The molecule has 4 aliphatic rings. The molecule has 4 heterocycles. The number of aliphatic hydroxyl groups excluding tert-OH is 1. The fraction of sp³-hybridized carbons (Fsp3) is 0.684. The Kier molecular flexibility index (Phi) is 5.92. The number of likely N-dealkylation sites (tertiary alicyclic amines) is 2. The molecular weight excluding hydrogens is 437 g/mol. The molecule has 0 amide bonds. The summed E-state index contributed by atoms with van der Waals surface area (Å²) in [6.45, 7) is 0.134. The maximum absolute atomic E-state index is 13.8. The van der Waals surface area contributed by atoms with Gasteiger partial charge in [0.15, 0.2) is 12.6 Å². The number of rotatable bonds is 3. The normalized spacial score (nSPS) is 29.5. The van der Waals surface area contributed by atoms with Crippen molar-refractivity contribution >= 4 is 12.1 Å². The Bertz CT molecular complexity index is 853. The molecule has 8 nitrogen and oxygen atoms in total. The van der Waals surface area contributed by atoms with E-state index in [1.807, 2.05) is 4.90 Å². The molecule has 0 radical (unpaired) electrons. The van der Waals surface area contributed by atoms with Gasteiger partial charge in [0.2, 0.25) is 0 Å². The zero-order valence-corrected chi connectivity index (χ0v) is 17.5. The molecule has 2 saturated heterocycles. The van der Waals surface area contributed by atoms with Gasteiger partial charge >= 0.3 is 6.18 Å². The zero-order valence-electron chi connectivity index (χ0n) is 17.5. The molecule has 13 heteroatoms. The number of nitrogens with one attached hydrogen (secondary N) is 1. The standard InChI is InChI=1S/C19H26F5N7O/c1-29-13(12-7-26-16(25)28-15(12)19(22,23)24)6-14(31-9-18(20,21)10-31)27-17(29)30-4-2-11(8-32)3-5-30/h6-7,11,16-17,28,32H,2-5,8-10,25H2,1H3. The van der Waals surface area contributed by atoms with Crippen LogP contribution in [0.25, 0.3) is 0 Å². The number of piperidine rings is 1. The number of amidine groups is 1. The molecule has 0 aromatic carbocycles. The van der Waals surface area contributed by atoms with Crippen LogP contribution in [0.2, 0.25) is 0 Å². The lowest BCUT2D eigenvalue weighted by Gasteiger charge is -2.46. The quantitative estimate of drug-likeness (QED) is 0.539. The third-order valence-electron chi connectivity index (χ3n) is 6.13. The highest BCUT2D eigenvalue weighted by atomic mass is 19.4. The average molecular weight is 463 g/mol. The zero-order chi connectivity index (χ0) is 23.3. The smallest absolute Gasteiger partial charge is 0.396 e. The van der Waals surface area contributed by atoms with Crippen molar-refractivity contribution in [1.82, 2.24) is 20.0 Å². The fourth-order valence-corrected chi connectivity index (χ4v) is 4.31. The molecule has 0 aromatic rings. The summed E-state index contributed by atoms with van der Waals surface area (Å²) in [6, 6.07) is 0. The lowest BCUT2D eigenvalue weighted by molar-refractivity contribution is -0.101. The van der Waals surface area contributed by atoms with E-state index in [0.29, 0.717) is 25.9 Å². The molecule has 0 bridgehead atoms. The highest BCUT2D eigenvalue weighted by molar-refractivity contribution is 5.98. The van der Waals surface area contributed by atoms with Crippen LogP contribution in [-0.4, -0.2) is 96.4 Å². The summed E-state index contributed by atoms with van der Waals surface area (Å²) in [5.74, 6) is -2.50. The van der Waals surface area contributed by atoms with E-state index in [9.17, 15) is 27.1 Å². The molecule has 4 rings (SSSR count). The van der Waals surface area contributed by atoms with Crippen molar-refractivity contribution in [3.8, 4) is 0 Å². The first-order valence-electron chi connectivity index (χ1n) is 10.4. The number of nitrogens with zero attached hydrogens (tertiary/aromatic N) is 5. The van der Waals surface area contributed by atoms with Crippen LogP contribution in [0.1, 0.15) is 12.8 Å². The molecular formula is C19H26F5N7O. The van der Waals surface area contributed by atoms with Crippen LogP contribution < -0.4 is 11.1 Å². The van der Waals surface area contributed by atoms with E-state index in [2.05, 4.69) is 15.3 Å². The molecule has 0 saturated carbocycles. The van der Waals surface area contributed by atoms with Crippen LogP contribution in [0.5, 0.6) is 0 Å². The van der Waals surface area contributed by atoms with Crippen molar-refractivity contribution in [3.63, 3.8) is 0 Å². The van der Waals surface area contributed by atoms with E-state index >= 15 is 0 Å². The van der Waals surface area contributed by atoms with Gasteiger partial charge in [0, 0.05) is 44.6 Å². The van der Waals surface area contributed by atoms with Gasteiger partial charge in [-0.15, -0.1) is 0 Å². The highest BCUT2D eigenvalue weighted by Crippen LogP contribution is 2.35. The van der Waals surface area contributed by atoms with E-state index in [-0.39, 0.29) is 29.6 Å². The Hall–Kier alpha value is -2.25. The lowest BCUT2D eigenvalue weighted by Crippen LogP contribution is -2.60. The molecule has 0 aliphatic carbocycles. The highest BCUT2D eigenvalue weighted by Gasteiger charge is 2.47. The SMILES string of the molecule is CN1C(C2=C(C(F)(F)F)NC(N)N=C2)=CC(N2CC(F)(F)C2)=NC1N1CCC(CO)CC1. The first kappa shape index (κ1) is 22.9. The van der Waals surface area contributed by atoms with E-state index in [1.165, 1.54) is 11.0 Å². The van der Waals surface area contributed by atoms with E-state index in [4.69, 9.17) is 5.73 Å². The number of allylic oxidation sites excluding steroid dienone is 2. The lowest BCUT2D eigenvalue weighted by atomic mass is 9.97. The van der Waals surface area contributed by atoms with Gasteiger partial charge in [-0.1, -0.05) is 0 Å². The van der Waals surface area contributed by atoms with Crippen molar-refractivity contribution in [3.05, 3.63) is 23.0 Å². The molecule has 178 valence electrons. The van der Waals surface area contributed by atoms with Crippen LogP contribution in [0.15, 0.2) is 33.0 Å². The van der Waals surface area contributed by atoms with E-state index < -0.39 is 43.5 Å². The number of alkyl halides is 5. The minimum Gasteiger partial charge on any atom is -0.396 e. The van der Waals surface area contributed by atoms with E-state index in [0.717, 1.165) is 6.21 Å². The van der Waals surface area contributed by atoms with Crippen LogP contribution in [0.3, 0.4) is 0 Å². The predicted molar refractivity (Wildman–Crippen MR) is 108 cm³/mol. The van der Waals surface area contributed by atoms with Gasteiger partial charge in [-0.2, -0.15) is 13.2 Å². The topological polar surface area (TPSA) is 92.7 Å². The van der Waals surface area contributed by atoms with Crippen molar-refractivity contribution in [2.24, 2.45) is 21.6 Å². The van der Waals surface area contributed by atoms with Gasteiger partial charge in [0.1, 0.15) is 11.5 Å². The summed E-state index contributed by atoms with van der Waals surface area (Å²) in [7, 11) is 1.61. The number of nitrogens with two attached hydrogens (primary N) is 1. The maximum Gasteiger partial charge on any atom is 0.431 e. The summed E-state index contributed by atoms with van der Waals surface area (Å²) in [5.41, 5.74) is 4.44. The molecule has 4 aliphatic heterocycles. The van der Waals surface area contributed by atoms with Gasteiger partial charge in [-0.05, 0) is 18.8 Å². The first-order valence-corrected chi connectivity index (χ1v) is 10.4. The summed E-state index contributed by atoms with van der Waals surface area (Å²) in [4.78, 5) is 13.4. The molecule has 2 fully saturated rings. The second kappa shape index (κ2) is 8.27. The summed E-state index contributed by atoms with van der Waals surface area (Å²) in [5, 5.41) is 11.6. The number of aliphatic imine (C=N–C) groups is 2. The number of likely N-dealkylation sites (N-methyl/N-ethyl adjacent to an activating group) is 1. The average Bonchev–Trinajstić information content (AvgIpc) is 2.72. The Morgan fingerprint density at radius 2 is 1.91 bits per heavy atom. The first-order chi connectivity index (χ1) is 15.0. The van der Waals surface area contributed by atoms with Crippen LogP contribution >= 0.6 is 0 Å². The second-order valence-corrected chi connectivity index (χ2v) is 8.50. The van der Waals surface area contributed by atoms with Gasteiger partial charge in [0.25, 0.3) is 5.92 Å². The minimum atomic E-state index is -4.71. The van der Waals surface area contributed by atoms with Crippen molar-refractivity contribution in [2.75, 3.05) is 39.8 Å². The predicted octanol–water partition coefficient (Wildman–Crippen LogP) is 0.886.